The third kappa shape index (κ3) is 4.95. The quantitative estimate of drug-likeness (QED) is 0.824. The van der Waals surface area contributed by atoms with E-state index in [1.165, 1.54) is 24.3 Å². The molecule has 1 saturated carbocycles. The van der Waals surface area contributed by atoms with E-state index in [-0.39, 0.29) is 16.7 Å². The average Bonchev–Trinajstić information content (AvgIpc) is 2.69. The van der Waals surface area contributed by atoms with Crippen LogP contribution >= 0.6 is 0 Å². The number of hydrogen-bond acceptors (Lipinski definition) is 4. The van der Waals surface area contributed by atoms with Crippen LogP contribution in [-0.4, -0.2) is 20.2 Å². The topological polar surface area (TPSA) is 92.3 Å². The summed E-state index contributed by atoms with van der Waals surface area (Å²) in [5, 5.41) is 2.71. The van der Waals surface area contributed by atoms with Gasteiger partial charge >= 0.3 is 0 Å². The van der Waals surface area contributed by atoms with Crippen LogP contribution in [-0.2, 0) is 14.8 Å². The van der Waals surface area contributed by atoms with Crippen LogP contribution in [0.15, 0.2) is 59.5 Å². The molecule has 0 aliphatic heterocycles. The zero-order chi connectivity index (χ0) is 19.3. The molecule has 0 spiro atoms. The number of amides is 2. The summed E-state index contributed by atoms with van der Waals surface area (Å²) in [5.74, 6) is -0.953. The fourth-order valence-corrected chi connectivity index (χ4v) is 4.19. The smallest absolute Gasteiger partial charge is 0.264 e. The summed E-state index contributed by atoms with van der Waals surface area (Å²) in [4.78, 5) is 24.3. The van der Waals surface area contributed by atoms with E-state index >= 15 is 0 Å². The molecule has 6 nitrogen and oxygen atoms in total. The molecule has 0 unspecified atom stereocenters. The molecule has 0 aromatic heterocycles. The van der Waals surface area contributed by atoms with Crippen LogP contribution in [0.3, 0.4) is 0 Å². The first-order valence-electron chi connectivity index (χ1n) is 8.99. The van der Waals surface area contributed by atoms with Crippen LogP contribution in [0.2, 0.25) is 0 Å². The lowest BCUT2D eigenvalue weighted by molar-refractivity contribution is -0.124. The summed E-state index contributed by atoms with van der Waals surface area (Å²) >= 11 is 0. The predicted octanol–water partition coefficient (Wildman–Crippen LogP) is 3.32. The SMILES string of the molecule is O=C(Nc1ccc(S(=O)(=O)NC(=O)C2CCCCC2)cc1)c1ccccc1. The predicted molar refractivity (Wildman–Crippen MR) is 103 cm³/mol. The first-order chi connectivity index (χ1) is 13.0. The van der Waals surface area contributed by atoms with Crippen LogP contribution in [0.4, 0.5) is 5.69 Å². The minimum absolute atomic E-state index is 0.00984. The second kappa shape index (κ2) is 8.35. The fourth-order valence-electron chi connectivity index (χ4n) is 3.15. The molecule has 1 aliphatic rings. The summed E-state index contributed by atoms with van der Waals surface area (Å²) in [6.07, 6.45) is 4.45. The summed E-state index contributed by atoms with van der Waals surface area (Å²) in [6.45, 7) is 0. The largest absolute Gasteiger partial charge is 0.322 e. The van der Waals surface area contributed by atoms with Crippen molar-refractivity contribution < 1.29 is 18.0 Å². The Hall–Kier alpha value is -2.67. The number of sulfonamides is 1. The third-order valence-corrected chi connectivity index (χ3v) is 6.03. The van der Waals surface area contributed by atoms with E-state index in [9.17, 15) is 18.0 Å². The summed E-state index contributed by atoms with van der Waals surface area (Å²) in [6, 6.07) is 14.5. The molecule has 3 rings (SSSR count). The first kappa shape index (κ1) is 19.1. The third-order valence-electron chi connectivity index (χ3n) is 4.67. The van der Waals surface area contributed by atoms with E-state index in [4.69, 9.17) is 0 Å². The molecule has 0 saturated heterocycles. The highest BCUT2D eigenvalue weighted by Crippen LogP contribution is 2.24. The van der Waals surface area contributed by atoms with E-state index in [1.54, 1.807) is 24.3 Å². The Morgan fingerprint density at radius 1 is 0.852 bits per heavy atom. The Labute approximate surface area is 159 Å². The van der Waals surface area contributed by atoms with Gasteiger partial charge < -0.3 is 5.32 Å². The van der Waals surface area contributed by atoms with Crippen molar-refractivity contribution in [3.63, 3.8) is 0 Å². The van der Waals surface area contributed by atoms with Gasteiger partial charge in [0.1, 0.15) is 0 Å². The van der Waals surface area contributed by atoms with Crippen molar-refractivity contribution in [3.8, 4) is 0 Å². The number of anilines is 1. The van der Waals surface area contributed by atoms with Crippen molar-refractivity contribution in [2.24, 2.45) is 5.92 Å². The van der Waals surface area contributed by atoms with Crippen molar-refractivity contribution in [2.75, 3.05) is 5.32 Å². The normalized spacial score (nSPS) is 15.1. The maximum absolute atomic E-state index is 12.4. The molecular formula is C20H22N2O4S. The van der Waals surface area contributed by atoms with Gasteiger partial charge in [0, 0.05) is 17.2 Å². The Bertz CT molecular complexity index is 903. The summed E-state index contributed by atoms with van der Waals surface area (Å²) in [5.41, 5.74) is 0.982. The second-order valence-electron chi connectivity index (χ2n) is 6.65. The minimum atomic E-state index is -3.92. The van der Waals surface area contributed by atoms with Crippen molar-refractivity contribution in [1.29, 1.82) is 0 Å². The van der Waals surface area contributed by atoms with Crippen LogP contribution in [0.5, 0.6) is 0 Å². The van der Waals surface area contributed by atoms with Crippen LogP contribution < -0.4 is 10.0 Å². The zero-order valence-electron chi connectivity index (χ0n) is 14.9. The molecule has 2 N–H and O–H groups in total. The molecule has 27 heavy (non-hydrogen) atoms. The highest BCUT2D eigenvalue weighted by Gasteiger charge is 2.25. The Balaban J connectivity index is 1.65. The minimum Gasteiger partial charge on any atom is -0.322 e. The monoisotopic (exact) mass is 386 g/mol. The summed E-state index contributed by atoms with van der Waals surface area (Å²) in [7, 11) is -3.92. The Kier molecular flexibility index (Phi) is 5.91. The molecule has 1 fully saturated rings. The molecule has 0 radical (unpaired) electrons. The highest BCUT2D eigenvalue weighted by molar-refractivity contribution is 7.90. The highest BCUT2D eigenvalue weighted by atomic mass is 32.2. The number of rotatable bonds is 5. The van der Waals surface area contributed by atoms with E-state index in [1.807, 2.05) is 6.07 Å². The molecule has 2 amide bonds. The first-order valence-corrected chi connectivity index (χ1v) is 10.5. The molecule has 0 atom stereocenters. The molecule has 0 bridgehead atoms. The second-order valence-corrected chi connectivity index (χ2v) is 8.33. The van der Waals surface area contributed by atoms with Crippen LogP contribution in [0.25, 0.3) is 0 Å². The van der Waals surface area contributed by atoms with Crippen molar-refractivity contribution in [1.82, 2.24) is 4.72 Å². The van der Waals surface area contributed by atoms with E-state index < -0.39 is 15.9 Å². The fraction of sp³-hybridized carbons (Fsp3) is 0.300. The summed E-state index contributed by atoms with van der Waals surface area (Å²) < 4.78 is 27.0. The van der Waals surface area contributed by atoms with Gasteiger partial charge in [-0.25, -0.2) is 13.1 Å². The lowest BCUT2D eigenvalue weighted by atomic mass is 9.89. The van der Waals surface area contributed by atoms with Gasteiger partial charge in [0.15, 0.2) is 0 Å². The standard InChI is InChI=1S/C20H22N2O4S/c23-19(15-7-3-1-4-8-15)21-17-11-13-18(14-12-17)27(25,26)22-20(24)16-9-5-2-6-10-16/h1,3-4,7-8,11-14,16H,2,5-6,9-10H2,(H,21,23)(H,22,24). The van der Waals surface area contributed by atoms with E-state index in [0.29, 0.717) is 11.3 Å². The van der Waals surface area contributed by atoms with Gasteiger partial charge in [-0.1, -0.05) is 37.5 Å². The number of nitrogens with one attached hydrogen (secondary N) is 2. The van der Waals surface area contributed by atoms with Gasteiger partial charge in [-0.15, -0.1) is 0 Å². The molecule has 142 valence electrons. The Morgan fingerprint density at radius 3 is 2.11 bits per heavy atom. The van der Waals surface area contributed by atoms with Crippen molar-refractivity contribution in [3.05, 3.63) is 60.2 Å². The Morgan fingerprint density at radius 2 is 1.48 bits per heavy atom. The van der Waals surface area contributed by atoms with Crippen molar-refractivity contribution >= 4 is 27.5 Å². The van der Waals surface area contributed by atoms with Crippen LogP contribution in [0, 0.1) is 5.92 Å². The van der Waals surface area contributed by atoms with Crippen molar-refractivity contribution in [2.45, 2.75) is 37.0 Å². The molecule has 2 aromatic carbocycles. The number of hydrogen-bond donors (Lipinski definition) is 2. The maximum atomic E-state index is 12.4. The lowest BCUT2D eigenvalue weighted by Gasteiger charge is -2.20. The van der Waals surface area contributed by atoms with Gasteiger partial charge in [-0.05, 0) is 49.2 Å². The molecule has 1 aliphatic carbocycles. The van der Waals surface area contributed by atoms with E-state index in [0.717, 1.165) is 32.1 Å². The molecule has 0 heterocycles. The van der Waals surface area contributed by atoms with Gasteiger partial charge in [-0.2, -0.15) is 0 Å². The van der Waals surface area contributed by atoms with Gasteiger partial charge in [0.2, 0.25) is 5.91 Å². The van der Waals surface area contributed by atoms with Gasteiger partial charge in [0.05, 0.1) is 4.90 Å². The molecule has 2 aromatic rings. The molecular weight excluding hydrogens is 364 g/mol. The average molecular weight is 386 g/mol. The lowest BCUT2D eigenvalue weighted by Crippen LogP contribution is -2.36. The molecule has 7 heteroatoms. The van der Waals surface area contributed by atoms with Crippen LogP contribution in [0.1, 0.15) is 42.5 Å². The number of carbonyl (C=O) groups excluding carboxylic acids is 2. The number of carbonyl (C=O) groups is 2. The van der Waals surface area contributed by atoms with Gasteiger partial charge in [-0.3, -0.25) is 9.59 Å². The van der Waals surface area contributed by atoms with Gasteiger partial charge in [0.25, 0.3) is 15.9 Å². The maximum Gasteiger partial charge on any atom is 0.264 e. The zero-order valence-corrected chi connectivity index (χ0v) is 15.7. The number of benzene rings is 2. The van der Waals surface area contributed by atoms with E-state index in [2.05, 4.69) is 10.0 Å².